The lowest BCUT2D eigenvalue weighted by molar-refractivity contribution is 0.0372. The number of guanidine groups is 1. The number of likely N-dealkylation sites (tertiary alicyclic amines) is 3. The highest BCUT2D eigenvalue weighted by atomic mass is 15.3. The Morgan fingerprint density at radius 1 is 1.07 bits per heavy atom. The van der Waals surface area contributed by atoms with Crippen molar-refractivity contribution in [3.05, 3.63) is 35.9 Å². The molecule has 0 aliphatic carbocycles. The van der Waals surface area contributed by atoms with E-state index in [4.69, 9.17) is 0 Å². The van der Waals surface area contributed by atoms with Gasteiger partial charge in [0, 0.05) is 45.3 Å². The highest BCUT2D eigenvalue weighted by Gasteiger charge is 2.36. The third-order valence-electron chi connectivity index (χ3n) is 7.09. The van der Waals surface area contributed by atoms with E-state index < -0.39 is 0 Å². The normalized spacial score (nSPS) is 29.7. The van der Waals surface area contributed by atoms with Gasteiger partial charge >= 0.3 is 0 Å². The molecule has 3 fully saturated rings. The molecule has 5 nitrogen and oxygen atoms in total. The van der Waals surface area contributed by atoms with Gasteiger partial charge in [0.05, 0.1) is 0 Å². The number of nitrogens with zero attached hydrogens (tertiary/aromatic N) is 4. The second kappa shape index (κ2) is 9.27. The minimum absolute atomic E-state index is 0.658. The smallest absolute Gasteiger partial charge is 0.193 e. The molecular formula is C23H37N5. The first-order valence-corrected chi connectivity index (χ1v) is 11.2. The van der Waals surface area contributed by atoms with Gasteiger partial charge in [-0.05, 0) is 63.7 Å². The van der Waals surface area contributed by atoms with Gasteiger partial charge in [0.25, 0.3) is 0 Å². The fourth-order valence-corrected chi connectivity index (χ4v) is 5.49. The highest BCUT2D eigenvalue weighted by Crippen LogP contribution is 2.31. The molecular weight excluding hydrogens is 346 g/mol. The quantitative estimate of drug-likeness (QED) is 0.640. The Kier molecular flexibility index (Phi) is 6.53. The molecule has 0 amide bonds. The third-order valence-corrected chi connectivity index (χ3v) is 7.09. The fraction of sp³-hybridized carbons (Fsp3) is 0.696. The lowest BCUT2D eigenvalue weighted by Gasteiger charge is -2.48. The Morgan fingerprint density at radius 2 is 1.89 bits per heavy atom. The lowest BCUT2D eigenvalue weighted by atomic mass is 9.83. The van der Waals surface area contributed by atoms with Gasteiger partial charge in [-0.15, -0.1) is 0 Å². The second-order valence-electron chi connectivity index (χ2n) is 8.87. The van der Waals surface area contributed by atoms with Gasteiger partial charge in [0.2, 0.25) is 0 Å². The molecule has 0 saturated carbocycles. The minimum atomic E-state index is 0.658. The zero-order chi connectivity index (χ0) is 19.3. The number of likely N-dealkylation sites (N-methyl/N-ethyl adjacent to an activating group) is 1. The number of nitrogens with one attached hydrogen (secondary N) is 1. The van der Waals surface area contributed by atoms with Crippen molar-refractivity contribution >= 4 is 5.96 Å². The van der Waals surface area contributed by atoms with Crippen LogP contribution in [0.3, 0.4) is 0 Å². The van der Waals surface area contributed by atoms with Crippen molar-refractivity contribution in [1.29, 1.82) is 0 Å². The molecule has 3 aliphatic rings. The van der Waals surface area contributed by atoms with Crippen LogP contribution in [-0.4, -0.2) is 79.6 Å². The first kappa shape index (κ1) is 19.7. The van der Waals surface area contributed by atoms with E-state index in [0.717, 1.165) is 44.1 Å². The first-order chi connectivity index (χ1) is 13.7. The molecule has 1 aromatic rings. The van der Waals surface area contributed by atoms with Crippen molar-refractivity contribution in [1.82, 2.24) is 20.0 Å². The molecule has 0 aromatic heterocycles. The summed E-state index contributed by atoms with van der Waals surface area (Å²) >= 11 is 0. The molecule has 0 bridgehead atoms. The maximum absolute atomic E-state index is 4.62. The number of hydrogen-bond acceptors (Lipinski definition) is 3. The van der Waals surface area contributed by atoms with Gasteiger partial charge in [-0.2, -0.15) is 0 Å². The fourth-order valence-electron chi connectivity index (χ4n) is 5.49. The van der Waals surface area contributed by atoms with Crippen LogP contribution in [0.2, 0.25) is 0 Å². The number of rotatable bonds is 4. The van der Waals surface area contributed by atoms with Crippen LogP contribution < -0.4 is 5.32 Å². The Labute approximate surface area is 170 Å². The highest BCUT2D eigenvalue weighted by molar-refractivity contribution is 5.80. The molecule has 3 atom stereocenters. The van der Waals surface area contributed by atoms with Crippen molar-refractivity contribution in [2.45, 2.75) is 50.7 Å². The summed E-state index contributed by atoms with van der Waals surface area (Å²) in [5.41, 5.74) is 1.45. The second-order valence-corrected chi connectivity index (χ2v) is 8.87. The van der Waals surface area contributed by atoms with Crippen LogP contribution in [0.4, 0.5) is 0 Å². The molecule has 3 aliphatic heterocycles. The van der Waals surface area contributed by atoms with E-state index in [1.807, 2.05) is 7.05 Å². The van der Waals surface area contributed by atoms with Crippen LogP contribution in [-0.2, 0) is 6.54 Å². The number of aliphatic imine (C=N–C) groups is 1. The summed E-state index contributed by atoms with van der Waals surface area (Å²) in [5, 5.41) is 3.68. The molecule has 28 heavy (non-hydrogen) atoms. The number of benzene rings is 1. The summed E-state index contributed by atoms with van der Waals surface area (Å²) in [6, 6.07) is 12.4. The van der Waals surface area contributed by atoms with Gasteiger partial charge < -0.3 is 15.1 Å². The summed E-state index contributed by atoms with van der Waals surface area (Å²) in [5.74, 6) is 1.87. The van der Waals surface area contributed by atoms with Crippen LogP contribution >= 0.6 is 0 Å². The van der Waals surface area contributed by atoms with Crippen LogP contribution in [0, 0.1) is 5.92 Å². The van der Waals surface area contributed by atoms with Crippen molar-refractivity contribution in [2.24, 2.45) is 10.9 Å². The Bertz CT molecular complexity index is 646. The number of piperidine rings is 2. The first-order valence-electron chi connectivity index (χ1n) is 11.2. The van der Waals surface area contributed by atoms with Crippen LogP contribution in [0.5, 0.6) is 0 Å². The maximum Gasteiger partial charge on any atom is 0.193 e. The Morgan fingerprint density at radius 3 is 2.64 bits per heavy atom. The van der Waals surface area contributed by atoms with Crippen LogP contribution in [0.1, 0.15) is 37.7 Å². The van der Waals surface area contributed by atoms with E-state index >= 15 is 0 Å². The van der Waals surface area contributed by atoms with E-state index in [1.54, 1.807) is 0 Å². The SMILES string of the molecule is CN=C(NCC1CCCN1C)N1CCC2C(CCCN2Cc2ccccc2)C1. The largest absolute Gasteiger partial charge is 0.355 e. The van der Waals surface area contributed by atoms with Crippen LogP contribution in [0.25, 0.3) is 0 Å². The summed E-state index contributed by atoms with van der Waals surface area (Å²) < 4.78 is 0. The topological polar surface area (TPSA) is 34.1 Å². The molecule has 3 unspecified atom stereocenters. The summed E-state index contributed by atoms with van der Waals surface area (Å²) in [6.07, 6.45) is 6.56. The molecule has 154 valence electrons. The predicted octanol–water partition coefficient (Wildman–Crippen LogP) is 2.64. The predicted molar refractivity (Wildman–Crippen MR) is 117 cm³/mol. The maximum atomic E-state index is 4.62. The monoisotopic (exact) mass is 383 g/mol. The summed E-state index contributed by atoms with van der Waals surface area (Å²) in [6.45, 7) is 6.87. The van der Waals surface area contributed by atoms with E-state index in [2.05, 4.69) is 62.4 Å². The minimum Gasteiger partial charge on any atom is -0.355 e. The van der Waals surface area contributed by atoms with Crippen molar-refractivity contribution in [3.8, 4) is 0 Å². The lowest BCUT2D eigenvalue weighted by Crippen LogP contribution is -2.57. The molecule has 0 spiro atoms. The zero-order valence-electron chi connectivity index (χ0n) is 17.7. The van der Waals surface area contributed by atoms with E-state index in [-0.39, 0.29) is 0 Å². The van der Waals surface area contributed by atoms with Gasteiger partial charge in [-0.25, -0.2) is 0 Å². The third kappa shape index (κ3) is 4.52. The standard InChI is InChI=1S/C23H37N5/c1-24-23(25-16-21-11-7-13-26(21)2)28-15-12-22-20(18-28)10-6-14-27(22)17-19-8-4-3-5-9-19/h3-5,8-9,20-22H,6-7,10-18H2,1-2H3,(H,24,25). The van der Waals surface area contributed by atoms with E-state index in [0.29, 0.717) is 6.04 Å². The Hall–Kier alpha value is -1.59. The van der Waals surface area contributed by atoms with Gasteiger partial charge in [-0.1, -0.05) is 30.3 Å². The zero-order valence-corrected chi connectivity index (χ0v) is 17.7. The number of hydrogen-bond donors (Lipinski definition) is 1. The van der Waals surface area contributed by atoms with E-state index in [9.17, 15) is 0 Å². The van der Waals surface area contributed by atoms with Gasteiger partial charge in [0.15, 0.2) is 5.96 Å². The van der Waals surface area contributed by atoms with Gasteiger partial charge in [0.1, 0.15) is 0 Å². The molecule has 0 radical (unpaired) electrons. The molecule has 3 heterocycles. The average molecular weight is 384 g/mol. The van der Waals surface area contributed by atoms with Crippen molar-refractivity contribution < 1.29 is 0 Å². The van der Waals surface area contributed by atoms with Crippen LogP contribution in [0.15, 0.2) is 35.3 Å². The summed E-state index contributed by atoms with van der Waals surface area (Å²) in [7, 11) is 4.19. The Balaban J connectivity index is 1.33. The molecule has 4 rings (SSSR count). The molecule has 5 heteroatoms. The molecule has 1 aromatic carbocycles. The van der Waals surface area contributed by atoms with E-state index in [1.165, 1.54) is 50.8 Å². The molecule has 1 N–H and O–H groups in total. The molecule has 3 saturated heterocycles. The number of fused-ring (bicyclic) bond motifs is 1. The van der Waals surface area contributed by atoms with Gasteiger partial charge in [-0.3, -0.25) is 9.89 Å². The average Bonchev–Trinajstić information content (AvgIpc) is 3.14. The summed E-state index contributed by atoms with van der Waals surface area (Å²) in [4.78, 5) is 12.4. The van der Waals surface area contributed by atoms with Crippen molar-refractivity contribution in [2.75, 3.05) is 46.8 Å². The van der Waals surface area contributed by atoms with Crippen molar-refractivity contribution in [3.63, 3.8) is 0 Å².